The van der Waals surface area contributed by atoms with Gasteiger partial charge in [0, 0.05) is 6.20 Å². The van der Waals surface area contributed by atoms with E-state index in [1.165, 1.54) is 22.9 Å². The molecule has 126 valence electrons. The van der Waals surface area contributed by atoms with E-state index in [1.807, 2.05) is 28.8 Å². The Bertz CT molecular complexity index is 1330. The number of nitrogens with one attached hydrogen (secondary N) is 1. The molecule has 1 aromatic carbocycles. The Kier molecular flexibility index (Phi) is 2.99. The van der Waals surface area contributed by atoms with Crippen LogP contribution in [0.1, 0.15) is 0 Å². The van der Waals surface area contributed by atoms with Gasteiger partial charge in [-0.2, -0.15) is 0 Å². The molecule has 0 atom stereocenters. The molecule has 0 aliphatic heterocycles. The summed E-state index contributed by atoms with van der Waals surface area (Å²) in [7, 11) is 0. The van der Waals surface area contributed by atoms with Gasteiger partial charge < -0.3 is 4.98 Å². The number of aromatic amines is 1. The Labute approximate surface area is 145 Å². The molecule has 7 nitrogen and oxygen atoms in total. The third-order valence-corrected chi connectivity index (χ3v) is 4.14. The molecule has 8 heteroatoms. The van der Waals surface area contributed by atoms with E-state index < -0.39 is 11.5 Å². The molecule has 5 rings (SSSR count). The Morgan fingerprint density at radius 2 is 1.96 bits per heavy atom. The first-order valence-electron chi connectivity index (χ1n) is 7.87. The van der Waals surface area contributed by atoms with Crippen molar-refractivity contribution in [2.24, 2.45) is 0 Å². The number of aromatic nitrogens is 6. The summed E-state index contributed by atoms with van der Waals surface area (Å²) in [5, 5.41) is 0. The quantitative estimate of drug-likeness (QED) is 0.533. The highest BCUT2D eigenvalue weighted by atomic mass is 19.1. The minimum atomic E-state index is -0.431. The summed E-state index contributed by atoms with van der Waals surface area (Å²) in [6.45, 7) is 0. The number of halogens is 1. The number of imidazole rings is 2. The van der Waals surface area contributed by atoms with Gasteiger partial charge in [0.1, 0.15) is 22.7 Å². The summed E-state index contributed by atoms with van der Waals surface area (Å²) < 4.78 is 16.8. The number of rotatable bonds is 2. The summed E-state index contributed by atoms with van der Waals surface area (Å²) in [5.74, 6) is -0.0137. The predicted octanol–water partition coefficient (Wildman–Crippen LogP) is 2.56. The number of hydrogen-bond donors (Lipinski definition) is 1. The van der Waals surface area contributed by atoms with Crippen LogP contribution in [0.4, 0.5) is 4.39 Å². The molecule has 26 heavy (non-hydrogen) atoms. The van der Waals surface area contributed by atoms with Gasteiger partial charge in [-0.3, -0.25) is 4.40 Å². The van der Waals surface area contributed by atoms with Gasteiger partial charge in [-0.15, -0.1) is 0 Å². The number of hydrogen-bond acceptors (Lipinski definition) is 4. The molecule has 4 aromatic heterocycles. The lowest BCUT2D eigenvalue weighted by Crippen LogP contribution is -2.15. The van der Waals surface area contributed by atoms with E-state index in [0.717, 1.165) is 5.65 Å². The first-order valence-corrected chi connectivity index (χ1v) is 7.87. The summed E-state index contributed by atoms with van der Waals surface area (Å²) >= 11 is 0. The van der Waals surface area contributed by atoms with Crippen LogP contribution in [0.25, 0.3) is 34.0 Å². The molecular weight excluding hydrogens is 335 g/mol. The van der Waals surface area contributed by atoms with Crippen molar-refractivity contribution in [3.05, 3.63) is 77.4 Å². The SMILES string of the molecule is O=c1[nH]c2cnc(-c3cnc4ccccn34)nc2n1-c1cccc(F)c1. The van der Waals surface area contributed by atoms with E-state index >= 15 is 0 Å². The number of fused-ring (bicyclic) bond motifs is 2. The molecule has 0 unspecified atom stereocenters. The molecular formula is C18H11FN6O. The molecule has 0 radical (unpaired) electrons. The van der Waals surface area contributed by atoms with Gasteiger partial charge in [-0.1, -0.05) is 12.1 Å². The van der Waals surface area contributed by atoms with Gasteiger partial charge in [0.25, 0.3) is 0 Å². The van der Waals surface area contributed by atoms with Gasteiger partial charge >= 0.3 is 5.69 Å². The van der Waals surface area contributed by atoms with Crippen molar-refractivity contribution in [1.29, 1.82) is 0 Å². The lowest BCUT2D eigenvalue weighted by molar-refractivity contribution is 0.626. The number of benzene rings is 1. The van der Waals surface area contributed by atoms with Crippen molar-refractivity contribution < 1.29 is 4.39 Å². The zero-order valence-corrected chi connectivity index (χ0v) is 13.3. The van der Waals surface area contributed by atoms with Gasteiger partial charge in [0.2, 0.25) is 0 Å². The van der Waals surface area contributed by atoms with Crippen LogP contribution in [0.3, 0.4) is 0 Å². The fraction of sp³-hybridized carbons (Fsp3) is 0. The second-order valence-electron chi connectivity index (χ2n) is 5.75. The molecule has 0 aliphatic rings. The third kappa shape index (κ3) is 2.12. The van der Waals surface area contributed by atoms with Crippen LogP contribution >= 0.6 is 0 Å². The van der Waals surface area contributed by atoms with Crippen molar-refractivity contribution in [3.8, 4) is 17.2 Å². The Hall–Kier alpha value is -3.81. The van der Waals surface area contributed by atoms with Crippen LogP contribution < -0.4 is 5.69 Å². The van der Waals surface area contributed by atoms with Crippen molar-refractivity contribution in [2.45, 2.75) is 0 Å². The summed E-state index contributed by atoms with van der Waals surface area (Å²) in [4.78, 5) is 28.2. The van der Waals surface area contributed by atoms with E-state index in [9.17, 15) is 9.18 Å². The van der Waals surface area contributed by atoms with Crippen molar-refractivity contribution in [3.63, 3.8) is 0 Å². The molecule has 0 saturated heterocycles. The molecule has 5 aromatic rings. The van der Waals surface area contributed by atoms with Crippen LogP contribution in [0, 0.1) is 5.82 Å². The fourth-order valence-corrected chi connectivity index (χ4v) is 2.97. The molecule has 0 aliphatic carbocycles. The van der Waals surface area contributed by atoms with E-state index in [4.69, 9.17) is 0 Å². The molecule has 0 saturated carbocycles. The zero-order valence-electron chi connectivity index (χ0n) is 13.3. The second-order valence-corrected chi connectivity index (χ2v) is 5.75. The maximum absolute atomic E-state index is 13.6. The molecule has 0 fully saturated rings. The monoisotopic (exact) mass is 346 g/mol. The highest BCUT2D eigenvalue weighted by Crippen LogP contribution is 2.20. The standard InChI is InChI=1S/C18H11FN6O/c19-11-4-3-5-12(8-11)25-17-13(22-18(25)26)9-21-16(23-17)14-10-20-15-6-1-2-7-24(14)15/h1-10H,(H,22,26). The molecule has 1 N–H and O–H groups in total. The number of nitrogens with zero attached hydrogens (tertiary/aromatic N) is 5. The highest BCUT2D eigenvalue weighted by Gasteiger charge is 2.15. The Balaban J connectivity index is 1.77. The molecule has 0 bridgehead atoms. The fourth-order valence-electron chi connectivity index (χ4n) is 2.97. The molecule has 4 heterocycles. The van der Waals surface area contributed by atoms with E-state index in [0.29, 0.717) is 28.4 Å². The normalized spacial score (nSPS) is 11.4. The maximum atomic E-state index is 13.6. The summed E-state index contributed by atoms with van der Waals surface area (Å²) in [6, 6.07) is 11.4. The highest BCUT2D eigenvalue weighted by molar-refractivity contribution is 5.74. The van der Waals surface area contributed by atoms with Crippen LogP contribution in [0.2, 0.25) is 0 Å². The first kappa shape index (κ1) is 14.5. The van der Waals surface area contributed by atoms with Crippen LogP contribution in [0.15, 0.2) is 65.8 Å². The predicted molar refractivity (Wildman–Crippen MR) is 93.6 cm³/mol. The topological polar surface area (TPSA) is 80.9 Å². The number of pyridine rings is 1. The molecule has 0 spiro atoms. The van der Waals surface area contributed by atoms with E-state index in [2.05, 4.69) is 19.9 Å². The van der Waals surface area contributed by atoms with Crippen molar-refractivity contribution in [1.82, 2.24) is 28.9 Å². The van der Waals surface area contributed by atoms with Gasteiger partial charge in [0.15, 0.2) is 11.5 Å². The largest absolute Gasteiger partial charge is 0.332 e. The third-order valence-electron chi connectivity index (χ3n) is 4.14. The van der Waals surface area contributed by atoms with Crippen LogP contribution in [-0.2, 0) is 0 Å². The van der Waals surface area contributed by atoms with Crippen molar-refractivity contribution >= 4 is 16.8 Å². The Morgan fingerprint density at radius 3 is 2.85 bits per heavy atom. The second kappa shape index (κ2) is 5.35. The van der Waals surface area contributed by atoms with E-state index in [-0.39, 0.29) is 0 Å². The average Bonchev–Trinajstić information content (AvgIpc) is 3.21. The molecule has 0 amide bonds. The summed E-state index contributed by atoms with van der Waals surface area (Å²) in [5.41, 5.74) is 2.29. The maximum Gasteiger partial charge on any atom is 0.332 e. The smallest absolute Gasteiger partial charge is 0.303 e. The minimum absolute atomic E-state index is 0.372. The van der Waals surface area contributed by atoms with E-state index in [1.54, 1.807) is 18.3 Å². The van der Waals surface area contributed by atoms with Gasteiger partial charge in [-0.25, -0.2) is 28.7 Å². The first-order chi connectivity index (χ1) is 12.7. The zero-order chi connectivity index (χ0) is 17.7. The Morgan fingerprint density at radius 1 is 1.04 bits per heavy atom. The minimum Gasteiger partial charge on any atom is -0.303 e. The van der Waals surface area contributed by atoms with Crippen LogP contribution in [-0.4, -0.2) is 28.9 Å². The van der Waals surface area contributed by atoms with Gasteiger partial charge in [-0.05, 0) is 30.3 Å². The lowest BCUT2D eigenvalue weighted by atomic mass is 10.3. The van der Waals surface area contributed by atoms with Crippen molar-refractivity contribution in [2.75, 3.05) is 0 Å². The van der Waals surface area contributed by atoms with Gasteiger partial charge in [0.05, 0.1) is 18.1 Å². The average molecular weight is 346 g/mol. The number of H-pyrrole nitrogens is 1. The summed E-state index contributed by atoms with van der Waals surface area (Å²) in [6.07, 6.45) is 5.08. The van der Waals surface area contributed by atoms with Crippen LogP contribution in [0.5, 0.6) is 0 Å². The lowest BCUT2D eigenvalue weighted by Gasteiger charge is -2.04.